The predicted octanol–water partition coefficient (Wildman–Crippen LogP) is 12.5. The van der Waals surface area contributed by atoms with Gasteiger partial charge in [0.05, 0.1) is 0 Å². The van der Waals surface area contributed by atoms with Gasteiger partial charge in [0.2, 0.25) is 0 Å². The number of unbranched alkanes of at least 4 members (excludes halogenated alkanes) is 18. The largest absolute Gasteiger partial charge is 0.286 e. The fourth-order valence-electron chi connectivity index (χ4n) is 5.98. The number of hydrogen-bond acceptors (Lipinski definition) is 1. The summed E-state index contributed by atoms with van der Waals surface area (Å²) in [5, 5.41) is 0. The van der Waals surface area contributed by atoms with Gasteiger partial charge in [-0.25, -0.2) is 14.0 Å². The van der Waals surface area contributed by atoms with Gasteiger partial charge in [-0.15, -0.1) is 0 Å². The van der Waals surface area contributed by atoms with Crippen molar-refractivity contribution >= 4 is 7.59 Å². The second-order valence-electron chi connectivity index (χ2n) is 12.7. The zero-order valence-corrected chi connectivity index (χ0v) is 30.3. The van der Waals surface area contributed by atoms with Gasteiger partial charge in [-0.1, -0.05) is 157 Å². The highest BCUT2D eigenvalue weighted by molar-refractivity contribution is 7.56. The maximum absolute atomic E-state index is 16.1. The molecule has 0 rings (SSSR count). The molecule has 0 N–H and O–H groups in total. The summed E-state index contributed by atoms with van der Waals surface area (Å²) >= 11 is 0. The molecule has 0 aromatic rings. The third-order valence-corrected chi connectivity index (χ3v) is 12.1. The standard InChI is InChI=1S/C36H78N3OP/c1-7-13-19-25-31-37(32-26-20-14-8-2)41(40,38(33-27-21-15-9-3)34-28-22-16-10-4)39(35-29-23-17-11-5)36-30-24-18-12-6/h7-36H2,1-6H3. The van der Waals surface area contributed by atoms with E-state index < -0.39 is 7.59 Å². The quantitative estimate of drug-likeness (QED) is 0.0554. The normalized spacial score (nSPS) is 12.4. The molecular weight excluding hydrogens is 521 g/mol. The molecule has 0 unspecified atom stereocenters. The minimum absolute atomic E-state index is 1.00. The van der Waals surface area contributed by atoms with E-state index in [0.717, 1.165) is 39.3 Å². The van der Waals surface area contributed by atoms with Crippen molar-refractivity contribution in [2.75, 3.05) is 39.3 Å². The fourth-order valence-corrected chi connectivity index (χ4v) is 9.47. The first-order valence-corrected chi connectivity index (χ1v) is 20.5. The third kappa shape index (κ3) is 19.9. The van der Waals surface area contributed by atoms with Gasteiger partial charge < -0.3 is 0 Å². The Balaban J connectivity index is 6.38. The Bertz CT molecular complexity index is 461. The van der Waals surface area contributed by atoms with Crippen LogP contribution in [-0.4, -0.2) is 53.3 Å². The maximum atomic E-state index is 16.1. The summed E-state index contributed by atoms with van der Waals surface area (Å²) < 4.78 is 23.8. The first kappa shape index (κ1) is 41.1. The lowest BCUT2D eigenvalue weighted by Crippen LogP contribution is -2.43. The molecule has 0 radical (unpaired) electrons. The molecule has 0 bridgehead atoms. The van der Waals surface area contributed by atoms with Crippen molar-refractivity contribution in [1.29, 1.82) is 0 Å². The first-order valence-electron chi connectivity index (χ1n) is 18.9. The smallest absolute Gasteiger partial charge is 0.270 e. The van der Waals surface area contributed by atoms with Crippen LogP contribution in [0.1, 0.15) is 196 Å². The molecule has 0 amide bonds. The van der Waals surface area contributed by atoms with Crippen LogP contribution in [0.15, 0.2) is 0 Å². The zero-order valence-electron chi connectivity index (χ0n) is 29.4. The molecule has 41 heavy (non-hydrogen) atoms. The van der Waals surface area contributed by atoms with Gasteiger partial charge in [-0.3, -0.25) is 4.57 Å². The van der Waals surface area contributed by atoms with Crippen LogP contribution in [0, 0.1) is 0 Å². The van der Waals surface area contributed by atoms with Gasteiger partial charge in [-0.2, -0.15) is 0 Å². The summed E-state index contributed by atoms with van der Waals surface area (Å²) in [6.45, 7) is 19.8. The van der Waals surface area contributed by atoms with Crippen molar-refractivity contribution in [2.24, 2.45) is 0 Å². The molecule has 4 nitrogen and oxygen atoms in total. The van der Waals surface area contributed by atoms with Gasteiger partial charge in [-0.05, 0) is 38.5 Å². The van der Waals surface area contributed by atoms with Crippen molar-refractivity contribution in [1.82, 2.24) is 14.0 Å². The molecule has 0 aromatic heterocycles. The van der Waals surface area contributed by atoms with Crippen LogP contribution >= 0.6 is 7.59 Å². The molecule has 0 heterocycles. The Kier molecular flexibility index (Phi) is 30.2. The van der Waals surface area contributed by atoms with Crippen molar-refractivity contribution in [2.45, 2.75) is 196 Å². The second kappa shape index (κ2) is 30.1. The van der Waals surface area contributed by atoms with E-state index in [4.69, 9.17) is 0 Å². The lowest BCUT2D eigenvalue weighted by molar-refractivity contribution is 0.248. The van der Waals surface area contributed by atoms with Crippen LogP contribution in [-0.2, 0) is 4.57 Å². The van der Waals surface area contributed by atoms with Gasteiger partial charge in [0.15, 0.2) is 0 Å². The van der Waals surface area contributed by atoms with Crippen LogP contribution < -0.4 is 0 Å². The highest BCUT2D eigenvalue weighted by Gasteiger charge is 2.41. The van der Waals surface area contributed by atoms with Crippen molar-refractivity contribution in [3.63, 3.8) is 0 Å². The molecule has 0 aliphatic heterocycles. The van der Waals surface area contributed by atoms with Crippen LogP contribution in [0.25, 0.3) is 0 Å². The molecule has 0 aliphatic carbocycles. The van der Waals surface area contributed by atoms with E-state index in [0.29, 0.717) is 0 Å². The molecule has 248 valence electrons. The van der Waals surface area contributed by atoms with E-state index in [-0.39, 0.29) is 0 Å². The molecule has 5 heteroatoms. The Hall–Kier alpha value is 0.110. The molecule has 0 saturated carbocycles. The van der Waals surface area contributed by atoms with E-state index in [1.807, 2.05) is 0 Å². The van der Waals surface area contributed by atoms with E-state index in [1.54, 1.807) is 0 Å². The Labute approximate surface area is 260 Å². The van der Waals surface area contributed by atoms with Crippen molar-refractivity contribution in [3.8, 4) is 0 Å². The summed E-state index contributed by atoms with van der Waals surface area (Å²) in [6, 6.07) is 0. The Morgan fingerprint density at radius 1 is 0.293 bits per heavy atom. The molecule has 0 spiro atoms. The monoisotopic (exact) mass is 600 g/mol. The van der Waals surface area contributed by atoms with Crippen molar-refractivity contribution < 1.29 is 4.57 Å². The topological polar surface area (TPSA) is 26.8 Å². The highest BCUT2D eigenvalue weighted by atomic mass is 31.2. The van der Waals surface area contributed by atoms with Gasteiger partial charge in [0.25, 0.3) is 7.59 Å². The maximum Gasteiger partial charge on any atom is 0.286 e. The van der Waals surface area contributed by atoms with E-state index in [1.165, 1.54) is 154 Å². The van der Waals surface area contributed by atoms with Gasteiger partial charge >= 0.3 is 0 Å². The molecule has 0 saturated heterocycles. The highest BCUT2D eigenvalue weighted by Crippen LogP contribution is 2.57. The van der Waals surface area contributed by atoms with Gasteiger partial charge in [0.1, 0.15) is 0 Å². The molecule has 0 aromatic carbocycles. The Morgan fingerprint density at radius 2 is 0.463 bits per heavy atom. The summed E-state index contributed by atoms with van der Waals surface area (Å²) in [4.78, 5) is 0. The molecule has 0 aliphatic rings. The first-order chi connectivity index (χ1) is 20.1. The summed E-state index contributed by atoms with van der Waals surface area (Å²) in [5.74, 6) is 0. The minimum Gasteiger partial charge on any atom is -0.270 e. The van der Waals surface area contributed by atoms with E-state index in [2.05, 4.69) is 55.6 Å². The molecular formula is C36H78N3OP. The average molecular weight is 600 g/mol. The minimum atomic E-state index is -2.84. The predicted molar refractivity (Wildman–Crippen MR) is 187 cm³/mol. The SMILES string of the molecule is CCCCCCN(CCCCCC)P(=O)(N(CCCCCC)CCCCCC)N(CCCCCC)CCCCCC. The van der Waals surface area contributed by atoms with Crippen LogP contribution in [0.4, 0.5) is 0 Å². The zero-order chi connectivity index (χ0) is 30.4. The number of hydrogen-bond donors (Lipinski definition) is 0. The summed E-state index contributed by atoms with van der Waals surface area (Å²) in [5.41, 5.74) is 0. The lowest BCUT2D eigenvalue weighted by Gasteiger charge is -2.46. The van der Waals surface area contributed by atoms with Crippen LogP contribution in [0.3, 0.4) is 0 Å². The second-order valence-corrected chi connectivity index (χ2v) is 15.5. The third-order valence-electron chi connectivity index (χ3n) is 8.72. The summed E-state index contributed by atoms with van der Waals surface area (Å²) in [7, 11) is -2.84. The van der Waals surface area contributed by atoms with Crippen LogP contribution in [0.5, 0.6) is 0 Å². The van der Waals surface area contributed by atoms with E-state index in [9.17, 15) is 0 Å². The molecule has 0 atom stereocenters. The average Bonchev–Trinajstić information content (AvgIpc) is 2.98. The van der Waals surface area contributed by atoms with Crippen molar-refractivity contribution in [3.05, 3.63) is 0 Å². The number of nitrogens with zero attached hydrogens (tertiary/aromatic N) is 3. The Morgan fingerprint density at radius 3 is 0.610 bits per heavy atom. The number of rotatable bonds is 33. The summed E-state index contributed by atoms with van der Waals surface area (Å²) in [6.07, 6.45) is 30.0. The molecule has 0 fully saturated rings. The van der Waals surface area contributed by atoms with Gasteiger partial charge in [0, 0.05) is 39.3 Å². The fraction of sp³-hybridized carbons (Fsp3) is 1.00. The van der Waals surface area contributed by atoms with E-state index >= 15 is 4.57 Å². The van der Waals surface area contributed by atoms with Crippen LogP contribution in [0.2, 0.25) is 0 Å². The lowest BCUT2D eigenvalue weighted by atomic mass is 10.2.